The number of benzene rings is 2. The first-order chi connectivity index (χ1) is 10.0. The van der Waals surface area contributed by atoms with Crippen LogP contribution in [-0.4, -0.2) is 16.1 Å². The maximum Gasteiger partial charge on any atom is 0.337 e. The van der Waals surface area contributed by atoms with Gasteiger partial charge in [-0.1, -0.05) is 23.5 Å². The first-order valence-electron chi connectivity index (χ1n) is 6.30. The van der Waals surface area contributed by atoms with Crippen molar-refractivity contribution in [2.75, 3.05) is 11.1 Å². The third kappa shape index (κ3) is 2.53. The Labute approximate surface area is 125 Å². The zero-order valence-corrected chi connectivity index (χ0v) is 12.1. The summed E-state index contributed by atoms with van der Waals surface area (Å²) in [6.45, 7) is 2.03. The normalized spacial score (nSPS) is 10.7. The monoisotopic (exact) mass is 299 g/mol. The molecule has 0 aliphatic rings. The molecule has 4 N–H and O–H groups in total. The van der Waals surface area contributed by atoms with Crippen LogP contribution < -0.4 is 11.1 Å². The number of anilines is 3. The highest BCUT2D eigenvalue weighted by atomic mass is 32.1. The second-order valence-corrected chi connectivity index (χ2v) is 5.72. The number of carboxylic acids is 1. The third-order valence-electron chi connectivity index (χ3n) is 3.12. The summed E-state index contributed by atoms with van der Waals surface area (Å²) in [4.78, 5) is 15.6. The van der Waals surface area contributed by atoms with Crippen LogP contribution in [0, 0.1) is 6.92 Å². The number of nitrogens with one attached hydrogen (secondary N) is 1. The lowest BCUT2D eigenvalue weighted by atomic mass is 10.1. The average Bonchev–Trinajstić information content (AvgIpc) is 2.82. The molecular formula is C15H13N3O2S. The first-order valence-corrected chi connectivity index (χ1v) is 7.12. The van der Waals surface area contributed by atoms with Crippen LogP contribution in [0.2, 0.25) is 0 Å². The van der Waals surface area contributed by atoms with Crippen molar-refractivity contribution in [1.29, 1.82) is 0 Å². The van der Waals surface area contributed by atoms with E-state index in [1.54, 1.807) is 12.1 Å². The molecule has 3 aromatic rings. The van der Waals surface area contributed by atoms with Crippen LogP contribution in [-0.2, 0) is 0 Å². The lowest BCUT2D eigenvalue weighted by Gasteiger charge is -2.08. The van der Waals surface area contributed by atoms with Crippen molar-refractivity contribution < 1.29 is 9.90 Å². The Balaban J connectivity index is 1.98. The highest BCUT2D eigenvalue weighted by Gasteiger charge is 2.12. The molecule has 1 heterocycles. The average molecular weight is 299 g/mol. The molecule has 106 valence electrons. The van der Waals surface area contributed by atoms with Crippen molar-refractivity contribution in [2.45, 2.75) is 6.92 Å². The van der Waals surface area contributed by atoms with Crippen molar-refractivity contribution in [3.05, 3.63) is 47.5 Å². The van der Waals surface area contributed by atoms with Crippen LogP contribution in [0.4, 0.5) is 16.5 Å². The maximum absolute atomic E-state index is 11.1. The van der Waals surface area contributed by atoms with E-state index in [-0.39, 0.29) is 11.3 Å². The fourth-order valence-electron chi connectivity index (χ4n) is 2.06. The topological polar surface area (TPSA) is 88.2 Å². The third-order valence-corrected chi connectivity index (χ3v) is 4.06. The summed E-state index contributed by atoms with van der Waals surface area (Å²) in [6.07, 6.45) is 0. The van der Waals surface area contributed by atoms with Crippen molar-refractivity contribution >= 4 is 44.0 Å². The van der Waals surface area contributed by atoms with Gasteiger partial charge in [0.05, 0.1) is 27.2 Å². The highest BCUT2D eigenvalue weighted by molar-refractivity contribution is 7.22. The molecule has 0 aliphatic carbocycles. The zero-order valence-electron chi connectivity index (χ0n) is 11.3. The van der Waals surface area contributed by atoms with E-state index in [4.69, 9.17) is 10.8 Å². The summed E-state index contributed by atoms with van der Waals surface area (Å²) in [5, 5.41) is 12.9. The van der Waals surface area contributed by atoms with Crippen LogP contribution in [0.15, 0.2) is 36.4 Å². The lowest BCUT2D eigenvalue weighted by molar-refractivity contribution is 0.0698. The van der Waals surface area contributed by atoms with E-state index >= 15 is 0 Å². The Morgan fingerprint density at radius 1 is 1.33 bits per heavy atom. The van der Waals surface area contributed by atoms with E-state index in [0.29, 0.717) is 10.8 Å². The van der Waals surface area contributed by atoms with Gasteiger partial charge in [-0.15, -0.1) is 0 Å². The van der Waals surface area contributed by atoms with E-state index in [9.17, 15) is 4.79 Å². The molecule has 5 nitrogen and oxygen atoms in total. The number of nitrogen functional groups attached to an aromatic ring is 1. The summed E-state index contributed by atoms with van der Waals surface area (Å²) in [7, 11) is 0. The fraction of sp³-hybridized carbons (Fsp3) is 0.0667. The van der Waals surface area contributed by atoms with E-state index in [2.05, 4.69) is 16.4 Å². The van der Waals surface area contributed by atoms with E-state index in [0.717, 1.165) is 10.2 Å². The van der Waals surface area contributed by atoms with E-state index in [1.165, 1.54) is 23.0 Å². The van der Waals surface area contributed by atoms with Gasteiger partial charge < -0.3 is 16.2 Å². The number of aryl methyl sites for hydroxylation is 1. The van der Waals surface area contributed by atoms with Crippen LogP contribution in [0.25, 0.3) is 10.2 Å². The van der Waals surface area contributed by atoms with Gasteiger partial charge in [0.15, 0.2) is 5.13 Å². The molecule has 0 radical (unpaired) electrons. The summed E-state index contributed by atoms with van der Waals surface area (Å²) >= 11 is 1.50. The number of nitrogens with two attached hydrogens (primary N) is 1. The van der Waals surface area contributed by atoms with Gasteiger partial charge in [-0.05, 0) is 36.8 Å². The van der Waals surface area contributed by atoms with E-state index < -0.39 is 5.97 Å². The minimum atomic E-state index is -1.05. The molecule has 1 aromatic heterocycles. The number of fused-ring (bicyclic) bond motifs is 1. The quantitative estimate of drug-likeness (QED) is 0.643. The summed E-state index contributed by atoms with van der Waals surface area (Å²) in [6, 6.07) is 10.9. The van der Waals surface area contributed by atoms with Crippen LogP contribution in [0.3, 0.4) is 0 Å². The Morgan fingerprint density at radius 3 is 2.90 bits per heavy atom. The number of thiazole rings is 1. The molecule has 2 aromatic carbocycles. The number of hydrogen-bond acceptors (Lipinski definition) is 5. The molecule has 0 amide bonds. The standard InChI is InChI=1S/C15H13N3O2S/c1-8-5-6-10-12(7-8)21-15(17-10)18-11-4-2-3-9(13(11)16)14(19)20/h2-7H,16H2,1H3,(H,17,18)(H,19,20). The van der Waals surface area contributed by atoms with Gasteiger partial charge in [0.1, 0.15) is 0 Å². The Hall–Kier alpha value is -2.60. The number of rotatable bonds is 3. The van der Waals surface area contributed by atoms with Gasteiger partial charge in [0, 0.05) is 0 Å². The van der Waals surface area contributed by atoms with Gasteiger partial charge in [0.25, 0.3) is 0 Å². The van der Waals surface area contributed by atoms with Crippen LogP contribution in [0.1, 0.15) is 15.9 Å². The molecule has 6 heteroatoms. The zero-order chi connectivity index (χ0) is 15.0. The molecule has 0 spiro atoms. The number of carbonyl (C=O) groups is 1. The molecule has 0 saturated carbocycles. The molecule has 0 bridgehead atoms. The Bertz CT molecular complexity index is 842. The predicted molar refractivity (Wildman–Crippen MR) is 85.5 cm³/mol. The highest BCUT2D eigenvalue weighted by Crippen LogP contribution is 2.31. The number of aromatic carboxylic acids is 1. The van der Waals surface area contributed by atoms with Gasteiger partial charge >= 0.3 is 5.97 Å². The van der Waals surface area contributed by atoms with Crippen molar-refractivity contribution in [3.8, 4) is 0 Å². The van der Waals surface area contributed by atoms with Crippen molar-refractivity contribution in [2.24, 2.45) is 0 Å². The summed E-state index contributed by atoms with van der Waals surface area (Å²) in [5.74, 6) is -1.05. The van der Waals surface area contributed by atoms with Gasteiger partial charge in [-0.25, -0.2) is 9.78 Å². The van der Waals surface area contributed by atoms with Gasteiger partial charge in [-0.3, -0.25) is 0 Å². The Kier molecular flexibility index (Phi) is 3.23. The van der Waals surface area contributed by atoms with Crippen molar-refractivity contribution in [3.63, 3.8) is 0 Å². The molecular weight excluding hydrogens is 286 g/mol. The van der Waals surface area contributed by atoms with Crippen molar-refractivity contribution in [1.82, 2.24) is 4.98 Å². The predicted octanol–water partition coefficient (Wildman–Crippen LogP) is 3.63. The summed E-state index contributed by atoms with van der Waals surface area (Å²) in [5.41, 5.74) is 8.80. The second kappa shape index (κ2) is 5.06. The first kappa shape index (κ1) is 13.4. The number of hydrogen-bond donors (Lipinski definition) is 3. The minimum absolute atomic E-state index is 0.0805. The van der Waals surface area contributed by atoms with Crippen LogP contribution in [0.5, 0.6) is 0 Å². The smallest absolute Gasteiger partial charge is 0.337 e. The molecule has 0 fully saturated rings. The molecule has 0 atom stereocenters. The summed E-state index contributed by atoms with van der Waals surface area (Å²) < 4.78 is 1.07. The largest absolute Gasteiger partial charge is 0.478 e. The lowest BCUT2D eigenvalue weighted by Crippen LogP contribution is -2.05. The number of carboxylic acid groups (broad SMARTS) is 1. The molecule has 21 heavy (non-hydrogen) atoms. The minimum Gasteiger partial charge on any atom is -0.478 e. The number of aromatic nitrogens is 1. The maximum atomic E-state index is 11.1. The second-order valence-electron chi connectivity index (χ2n) is 4.69. The molecule has 3 rings (SSSR count). The van der Waals surface area contributed by atoms with E-state index in [1.807, 2.05) is 19.1 Å². The molecule has 0 unspecified atom stereocenters. The van der Waals surface area contributed by atoms with Crippen LogP contribution >= 0.6 is 11.3 Å². The number of para-hydroxylation sites is 1. The Morgan fingerprint density at radius 2 is 2.14 bits per heavy atom. The SMILES string of the molecule is Cc1ccc2nc(Nc3cccc(C(=O)O)c3N)sc2c1. The van der Waals surface area contributed by atoms with Gasteiger partial charge in [-0.2, -0.15) is 0 Å². The fourth-order valence-corrected chi connectivity index (χ4v) is 3.04. The number of nitrogens with zero attached hydrogens (tertiary/aromatic N) is 1. The van der Waals surface area contributed by atoms with Gasteiger partial charge in [0.2, 0.25) is 0 Å². The molecule has 0 aliphatic heterocycles. The molecule has 0 saturated heterocycles.